The van der Waals surface area contributed by atoms with E-state index in [0.29, 0.717) is 23.5 Å². The SMILES string of the molecule is CCOc1cc(Cl)nc(-c2ccc(CC)cc2)n1. The second kappa shape index (κ2) is 5.83. The molecule has 2 rings (SSSR count). The number of aromatic nitrogens is 2. The predicted octanol–water partition coefficient (Wildman–Crippen LogP) is 3.76. The van der Waals surface area contributed by atoms with Crippen LogP contribution in [0.5, 0.6) is 5.88 Å². The predicted molar refractivity (Wildman–Crippen MR) is 73.0 cm³/mol. The Kier molecular flexibility index (Phi) is 4.15. The van der Waals surface area contributed by atoms with Crippen LogP contribution in [-0.2, 0) is 6.42 Å². The molecule has 2 aromatic rings. The Morgan fingerprint density at radius 3 is 2.44 bits per heavy atom. The Morgan fingerprint density at radius 1 is 1.11 bits per heavy atom. The number of halogens is 1. The first kappa shape index (κ1) is 12.8. The summed E-state index contributed by atoms with van der Waals surface area (Å²) in [5.74, 6) is 1.10. The van der Waals surface area contributed by atoms with E-state index in [9.17, 15) is 0 Å². The molecule has 0 N–H and O–H groups in total. The van der Waals surface area contributed by atoms with Crippen molar-refractivity contribution < 1.29 is 4.74 Å². The molecule has 0 bridgehead atoms. The molecule has 1 heterocycles. The molecule has 0 atom stereocenters. The van der Waals surface area contributed by atoms with Crippen LogP contribution >= 0.6 is 11.6 Å². The zero-order chi connectivity index (χ0) is 13.0. The van der Waals surface area contributed by atoms with E-state index in [1.807, 2.05) is 19.1 Å². The molecule has 4 heteroatoms. The van der Waals surface area contributed by atoms with Crippen molar-refractivity contribution in [2.45, 2.75) is 20.3 Å². The summed E-state index contributed by atoms with van der Waals surface area (Å²) < 4.78 is 5.36. The average Bonchev–Trinajstić information content (AvgIpc) is 2.38. The van der Waals surface area contributed by atoms with Crippen LogP contribution in [0.25, 0.3) is 11.4 Å². The highest BCUT2D eigenvalue weighted by atomic mass is 35.5. The van der Waals surface area contributed by atoms with Gasteiger partial charge in [0.15, 0.2) is 5.82 Å². The third-order valence-corrected chi connectivity index (χ3v) is 2.78. The van der Waals surface area contributed by atoms with Gasteiger partial charge in [-0.05, 0) is 18.9 Å². The van der Waals surface area contributed by atoms with E-state index in [0.717, 1.165) is 12.0 Å². The van der Waals surface area contributed by atoms with Crippen LogP contribution in [-0.4, -0.2) is 16.6 Å². The molecule has 0 fully saturated rings. The Balaban J connectivity index is 2.36. The lowest BCUT2D eigenvalue weighted by molar-refractivity contribution is 0.326. The zero-order valence-electron chi connectivity index (χ0n) is 10.5. The Morgan fingerprint density at radius 2 is 1.83 bits per heavy atom. The molecule has 0 spiro atoms. The van der Waals surface area contributed by atoms with Gasteiger partial charge in [-0.15, -0.1) is 0 Å². The van der Waals surface area contributed by atoms with E-state index in [1.54, 1.807) is 6.07 Å². The van der Waals surface area contributed by atoms with Gasteiger partial charge in [-0.2, -0.15) is 4.98 Å². The highest BCUT2D eigenvalue weighted by Gasteiger charge is 2.06. The maximum atomic E-state index is 5.96. The summed E-state index contributed by atoms with van der Waals surface area (Å²) in [4.78, 5) is 8.55. The molecule has 3 nitrogen and oxygen atoms in total. The zero-order valence-corrected chi connectivity index (χ0v) is 11.2. The quantitative estimate of drug-likeness (QED) is 0.787. The van der Waals surface area contributed by atoms with Crippen LogP contribution in [0.1, 0.15) is 19.4 Å². The fraction of sp³-hybridized carbons (Fsp3) is 0.286. The molecule has 1 aromatic carbocycles. The number of aryl methyl sites for hydroxylation is 1. The van der Waals surface area contributed by atoms with E-state index >= 15 is 0 Å². The molecule has 0 saturated carbocycles. The molecule has 0 amide bonds. The standard InChI is InChI=1S/C14H15ClN2O/c1-3-10-5-7-11(8-6-10)14-16-12(15)9-13(17-14)18-4-2/h5-9H,3-4H2,1-2H3. The molecule has 0 aliphatic heterocycles. The van der Waals surface area contributed by atoms with Crippen LogP contribution in [0.2, 0.25) is 5.15 Å². The largest absolute Gasteiger partial charge is 0.478 e. The van der Waals surface area contributed by atoms with Gasteiger partial charge in [-0.25, -0.2) is 4.98 Å². The summed E-state index contributed by atoms with van der Waals surface area (Å²) in [5.41, 5.74) is 2.22. The lowest BCUT2D eigenvalue weighted by Crippen LogP contribution is -1.98. The van der Waals surface area contributed by atoms with Gasteiger partial charge in [0.05, 0.1) is 6.61 Å². The molecular weight excluding hydrogens is 248 g/mol. The van der Waals surface area contributed by atoms with Gasteiger partial charge in [0.2, 0.25) is 5.88 Å². The topological polar surface area (TPSA) is 35.0 Å². The van der Waals surface area contributed by atoms with E-state index in [-0.39, 0.29) is 0 Å². The molecule has 0 radical (unpaired) electrons. The minimum Gasteiger partial charge on any atom is -0.478 e. The fourth-order valence-electron chi connectivity index (χ4n) is 1.64. The second-order valence-electron chi connectivity index (χ2n) is 3.84. The molecule has 0 aliphatic rings. The number of benzene rings is 1. The molecule has 0 unspecified atom stereocenters. The minimum absolute atomic E-state index is 0.392. The van der Waals surface area contributed by atoms with E-state index < -0.39 is 0 Å². The molecule has 94 valence electrons. The van der Waals surface area contributed by atoms with E-state index in [4.69, 9.17) is 16.3 Å². The fourth-order valence-corrected chi connectivity index (χ4v) is 1.81. The van der Waals surface area contributed by atoms with Gasteiger partial charge < -0.3 is 4.74 Å². The lowest BCUT2D eigenvalue weighted by atomic mass is 10.1. The van der Waals surface area contributed by atoms with Crippen LogP contribution < -0.4 is 4.74 Å². The first-order valence-electron chi connectivity index (χ1n) is 5.99. The third kappa shape index (κ3) is 2.99. The Bertz CT molecular complexity index is 526. The van der Waals surface area contributed by atoms with Crippen LogP contribution in [0.3, 0.4) is 0 Å². The van der Waals surface area contributed by atoms with Crippen molar-refractivity contribution >= 4 is 11.6 Å². The van der Waals surface area contributed by atoms with Crippen molar-refractivity contribution in [3.05, 3.63) is 41.0 Å². The van der Waals surface area contributed by atoms with Crippen LogP contribution in [0.15, 0.2) is 30.3 Å². The minimum atomic E-state index is 0.392. The average molecular weight is 263 g/mol. The number of hydrogen-bond donors (Lipinski definition) is 0. The van der Waals surface area contributed by atoms with Gasteiger partial charge in [0.1, 0.15) is 5.15 Å². The highest BCUT2D eigenvalue weighted by Crippen LogP contribution is 2.22. The summed E-state index contributed by atoms with van der Waals surface area (Å²) in [6.45, 7) is 4.59. The molecule has 0 aliphatic carbocycles. The maximum absolute atomic E-state index is 5.96. The summed E-state index contributed by atoms with van der Waals surface area (Å²) in [5, 5.41) is 0.392. The van der Waals surface area contributed by atoms with E-state index in [1.165, 1.54) is 5.56 Å². The monoisotopic (exact) mass is 262 g/mol. The smallest absolute Gasteiger partial charge is 0.218 e. The number of ether oxygens (including phenoxy) is 1. The van der Waals surface area contributed by atoms with Crippen LogP contribution in [0.4, 0.5) is 0 Å². The number of rotatable bonds is 4. The number of nitrogens with zero attached hydrogens (tertiary/aromatic N) is 2. The first-order chi connectivity index (χ1) is 8.72. The van der Waals surface area contributed by atoms with E-state index in [2.05, 4.69) is 29.0 Å². The van der Waals surface area contributed by atoms with Crippen molar-refractivity contribution in [3.8, 4) is 17.3 Å². The van der Waals surface area contributed by atoms with Crippen molar-refractivity contribution in [1.82, 2.24) is 9.97 Å². The van der Waals surface area contributed by atoms with Gasteiger partial charge in [-0.3, -0.25) is 0 Å². The van der Waals surface area contributed by atoms with Crippen molar-refractivity contribution in [2.75, 3.05) is 6.61 Å². The third-order valence-electron chi connectivity index (χ3n) is 2.58. The summed E-state index contributed by atoms with van der Waals surface area (Å²) >= 11 is 5.96. The number of hydrogen-bond acceptors (Lipinski definition) is 3. The highest BCUT2D eigenvalue weighted by molar-refractivity contribution is 6.29. The molecular formula is C14H15ClN2O. The van der Waals surface area contributed by atoms with Gasteiger partial charge >= 0.3 is 0 Å². The van der Waals surface area contributed by atoms with Crippen molar-refractivity contribution in [1.29, 1.82) is 0 Å². The molecule has 0 saturated heterocycles. The van der Waals surface area contributed by atoms with Crippen molar-refractivity contribution in [2.24, 2.45) is 0 Å². The molecule has 18 heavy (non-hydrogen) atoms. The summed E-state index contributed by atoms with van der Waals surface area (Å²) in [6.07, 6.45) is 1.01. The summed E-state index contributed by atoms with van der Waals surface area (Å²) in [6, 6.07) is 9.76. The van der Waals surface area contributed by atoms with Gasteiger partial charge in [-0.1, -0.05) is 42.8 Å². The normalized spacial score (nSPS) is 10.4. The lowest BCUT2D eigenvalue weighted by Gasteiger charge is -2.06. The molecule has 1 aromatic heterocycles. The van der Waals surface area contributed by atoms with Gasteiger partial charge in [0.25, 0.3) is 0 Å². The maximum Gasteiger partial charge on any atom is 0.218 e. The Hall–Kier alpha value is -1.61. The van der Waals surface area contributed by atoms with Crippen LogP contribution in [0, 0.1) is 0 Å². The van der Waals surface area contributed by atoms with Crippen molar-refractivity contribution in [3.63, 3.8) is 0 Å². The van der Waals surface area contributed by atoms with Gasteiger partial charge in [0, 0.05) is 11.6 Å². The second-order valence-corrected chi connectivity index (χ2v) is 4.22. The Labute approximate surface area is 112 Å². The summed E-state index contributed by atoms with van der Waals surface area (Å²) in [7, 11) is 0. The first-order valence-corrected chi connectivity index (χ1v) is 6.37.